The van der Waals surface area contributed by atoms with Crippen molar-refractivity contribution in [2.75, 3.05) is 19.1 Å². The second kappa shape index (κ2) is 11.6. The molecule has 1 heterocycles. The number of rotatable bonds is 10. The molecule has 0 spiro atoms. The maximum atomic E-state index is 13.3. The molecule has 0 aliphatic rings. The lowest BCUT2D eigenvalue weighted by molar-refractivity contribution is -0.120. The van der Waals surface area contributed by atoms with Crippen molar-refractivity contribution in [1.82, 2.24) is 19.7 Å². The molecule has 3 rings (SSSR count). The van der Waals surface area contributed by atoms with Gasteiger partial charge in [0.05, 0.1) is 13.7 Å². The highest BCUT2D eigenvalue weighted by Gasteiger charge is 2.27. The molecule has 0 fully saturated rings. The Kier molecular flexibility index (Phi) is 8.57. The molecule has 0 aliphatic carbocycles. The number of likely N-dealkylation sites (N-methyl/N-ethyl adjacent to an activating group) is 1. The van der Waals surface area contributed by atoms with E-state index in [4.69, 9.17) is 4.74 Å². The number of benzene rings is 2. The number of aromatic nitrogens is 1. The summed E-state index contributed by atoms with van der Waals surface area (Å²) in [5.41, 5.74) is 1.39. The predicted molar refractivity (Wildman–Crippen MR) is 130 cm³/mol. The molecule has 3 amide bonds. The van der Waals surface area contributed by atoms with Gasteiger partial charge < -0.3 is 15.0 Å². The maximum Gasteiger partial charge on any atom is 0.330 e. The Bertz CT molecular complexity index is 1190. The van der Waals surface area contributed by atoms with Crippen LogP contribution in [0.15, 0.2) is 66.2 Å². The van der Waals surface area contributed by atoms with Crippen LogP contribution in [0.1, 0.15) is 10.6 Å². The van der Waals surface area contributed by atoms with Gasteiger partial charge in [0.1, 0.15) is 16.8 Å². The van der Waals surface area contributed by atoms with Gasteiger partial charge in [0.25, 0.3) is 0 Å². The van der Waals surface area contributed by atoms with Gasteiger partial charge in [0.15, 0.2) is 0 Å². The Morgan fingerprint density at radius 2 is 1.82 bits per heavy atom. The minimum Gasteiger partial charge on any atom is -0.497 e. The van der Waals surface area contributed by atoms with Crippen molar-refractivity contribution < 1.29 is 22.7 Å². The number of anilines is 1. The molecular weight excluding hydrogens is 478 g/mol. The maximum absolute atomic E-state index is 13.3. The van der Waals surface area contributed by atoms with Gasteiger partial charge in [-0.25, -0.2) is 14.5 Å². The van der Waals surface area contributed by atoms with Crippen molar-refractivity contribution in [2.24, 2.45) is 0 Å². The number of hydrogen-bond donors (Lipinski definition) is 3. The molecule has 12 heteroatoms. The number of carbonyl (C=O) groups is 2. The summed E-state index contributed by atoms with van der Waals surface area (Å²) in [6, 6.07) is 13.9. The summed E-state index contributed by atoms with van der Waals surface area (Å²) in [5, 5.41) is 4.75. The molecule has 1 unspecified atom stereocenters. The van der Waals surface area contributed by atoms with Gasteiger partial charge in [-0.2, -0.15) is 13.1 Å². The van der Waals surface area contributed by atoms with Crippen LogP contribution < -0.4 is 24.4 Å². The highest BCUT2D eigenvalue weighted by Crippen LogP contribution is 2.19. The molecule has 0 aliphatic heterocycles. The summed E-state index contributed by atoms with van der Waals surface area (Å²) in [6.45, 7) is -0.0626. The van der Waals surface area contributed by atoms with Crippen molar-refractivity contribution >= 4 is 39.2 Å². The molecule has 34 heavy (non-hydrogen) atoms. The number of urea groups is 1. The smallest absolute Gasteiger partial charge is 0.330 e. The monoisotopic (exact) mass is 503 g/mol. The van der Waals surface area contributed by atoms with Crippen molar-refractivity contribution in [1.29, 1.82) is 0 Å². The molecule has 180 valence electrons. The fourth-order valence-corrected chi connectivity index (χ4v) is 4.41. The van der Waals surface area contributed by atoms with Crippen LogP contribution in [0.3, 0.4) is 0 Å². The van der Waals surface area contributed by atoms with E-state index in [2.05, 4.69) is 15.0 Å². The minimum atomic E-state index is -4.17. The van der Waals surface area contributed by atoms with Crippen LogP contribution in [-0.2, 0) is 28.0 Å². The van der Waals surface area contributed by atoms with E-state index in [-0.39, 0.29) is 13.0 Å². The quantitative estimate of drug-likeness (QED) is 0.388. The first-order chi connectivity index (χ1) is 16.3. The van der Waals surface area contributed by atoms with Crippen molar-refractivity contribution in [3.05, 3.63) is 76.7 Å². The fraction of sp³-hybridized carbons (Fsp3) is 0.227. The lowest BCUT2D eigenvalue weighted by Crippen LogP contribution is -2.54. The lowest BCUT2D eigenvalue weighted by atomic mass is 10.0. The zero-order chi connectivity index (χ0) is 24.6. The predicted octanol–water partition coefficient (Wildman–Crippen LogP) is 2.06. The van der Waals surface area contributed by atoms with E-state index >= 15 is 0 Å². The number of carbonyl (C=O) groups excluding carboxylic acids is 2. The summed E-state index contributed by atoms with van der Waals surface area (Å²) in [7, 11) is -1.04. The largest absolute Gasteiger partial charge is 0.497 e. The Labute approximate surface area is 202 Å². The van der Waals surface area contributed by atoms with E-state index < -0.39 is 28.2 Å². The average molecular weight is 504 g/mol. The van der Waals surface area contributed by atoms with Crippen LogP contribution in [0.25, 0.3) is 0 Å². The normalized spacial score (nSPS) is 11.9. The SMILES string of the molecule is COc1ccc(N(C)C(=O)C(Cc2ccccc2)NC(=O)NS(=O)(=O)NCc2nccs2)cc1. The van der Waals surface area contributed by atoms with Crippen molar-refractivity contribution in [2.45, 2.75) is 19.0 Å². The van der Waals surface area contributed by atoms with E-state index in [0.29, 0.717) is 16.4 Å². The van der Waals surface area contributed by atoms with Crippen LogP contribution in [-0.4, -0.2) is 45.5 Å². The molecule has 1 aromatic heterocycles. The lowest BCUT2D eigenvalue weighted by Gasteiger charge is -2.25. The molecule has 1 atom stereocenters. The number of methoxy groups -OCH3 is 1. The number of nitrogens with one attached hydrogen (secondary N) is 3. The fourth-order valence-electron chi connectivity index (χ4n) is 3.06. The van der Waals surface area contributed by atoms with Crippen molar-refractivity contribution in [3.8, 4) is 5.75 Å². The van der Waals surface area contributed by atoms with Gasteiger partial charge in [0.2, 0.25) is 5.91 Å². The number of hydrogen-bond acceptors (Lipinski definition) is 7. The van der Waals surface area contributed by atoms with E-state index in [0.717, 1.165) is 5.56 Å². The van der Waals surface area contributed by atoms with E-state index in [9.17, 15) is 18.0 Å². The van der Waals surface area contributed by atoms with Crippen molar-refractivity contribution in [3.63, 3.8) is 0 Å². The number of amides is 3. The van der Waals surface area contributed by atoms with Crippen LogP contribution >= 0.6 is 11.3 Å². The van der Waals surface area contributed by atoms with Gasteiger partial charge in [-0.15, -0.1) is 11.3 Å². The Hall–Kier alpha value is -3.48. The highest BCUT2D eigenvalue weighted by molar-refractivity contribution is 7.88. The number of thiazole rings is 1. The Morgan fingerprint density at radius 3 is 2.44 bits per heavy atom. The molecule has 0 radical (unpaired) electrons. The molecule has 0 saturated carbocycles. The highest BCUT2D eigenvalue weighted by atomic mass is 32.2. The molecule has 3 N–H and O–H groups in total. The summed E-state index contributed by atoms with van der Waals surface area (Å²) in [4.78, 5) is 31.2. The summed E-state index contributed by atoms with van der Waals surface area (Å²) < 4.78 is 33.8. The Morgan fingerprint density at radius 1 is 1.12 bits per heavy atom. The van der Waals surface area contributed by atoms with Gasteiger partial charge in [0, 0.05) is 30.7 Å². The second-order valence-electron chi connectivity index (χ2n) is 7.16. The summed E-state index contributed by atoms with van der Waals surface area (Å²) in [5.74, 6) is 0.218. The van der Waals surface area contributed by atoms with E-state index in [1.165, 1.54) is 16.2 Å². The topological polar surface area (TPSA) is 130 Å². The van der Waals surface area contributed by atoms with Crippen LogP contribution in [0.4, 0.5) is 10.5 Å². The summed E-state index contributed by atoms with van der Waals surface area (Å²) >= 11 is 1.28. The first-order valence-corrected chi connectivity index (χ1v) is 12.6. The molecule has 0 bridgehead atoms. The molecule has 10 nitrogen and oxygen atoms in total. The minimum absolute atomic E-state index is 0.0626. The summed E-state index contributed by atoms with van der Waals surface area (Å²) in [6.07, 6.45) is 1.72. The molecule has 0 saturated heterocycles. The van der Waals surface area contributed by atoms with Gasteiger partial charge >= 0.3 is 16.2 Å². The third kappa shape index (κ3) is 7.27. The van der Waals surface area contributed by atoms with Crippen LogP contribution in [0.5, 0.6) is 5.75 Å². The van der Waals surface area contributed by atoms with Gasteiger partial charge in [-0.05, 0) is 29.8 Å². The van der Waals surface area contributed by atoms with Gasteiger partial charge in [-0.3, -0.25) is 4.79 Å². The standard InChI is InChI=1S/C22H25N5O5S2/c1-27(17-8-10-18(32-2)11-9-17)21(28)19(14-16-6-4-3-5-7-16)25-22(29)26-34(30,31)24-15-20-23-12-13-33-20/h3-13,19,24H,14-15H2,1-2H3,(H2,25,26,29). The average Bonchev–Trinajstić information content (AvgIpc) is 3.36. The molecular formula is C22H25N5O5S2. The third-order valence-corrected chi connectivity index (χ3v) is 6.56. The first kappa shape index (κ1) is 25.1. The number of ether oxygens (including phenoxy) is 1. The van der Waals surface area contributed by atoms with Crippen LogP contribution in [0, 0.1) is 0 Å². The zero-order valence-electron chi connectivity index (χ0n) is 18.6. The molecule has 3 aromatic rings. The zero-order valence-corrected chi connectivity index (χ0v) is 20.2. The molecule has 2 aromatic carbocycles. The van der Waals surface area contributed by atoms with Gasteiger partial charge in [-0.1, -0.05) is 30.3 Å². The third-order valence-electron chi connectivity index (χ3n) is 4.80. The van der Waals surface area contributed by atoms with Crippen LogP contribution in [0.2, 0.25) is 0 Å². The van der Waals surface area contributed by atoms with E-state index in [1.807, 2.05) is 35.1 Å². The first-order valence-electron chi connectivity index (χ1n) is 10.2. The number of nitrogens with zero attached hydrogens (tertiary/aromatic N) is 2. The second-order valence-corrected chi connectivity index (χ2v) is 9.64. The Balaban J connectivity index is 1.71. The van der Waals surface area contributed by atoms with E-state index in [1.54, 1.807) is 50.0 Å².